The lowest BCUT2D eigenvalue weighted by Gasteiger charge is -2.38. The van der Waals surface area contributed by atoms with E-state index in [0.29, 0.717) is 17.3 Å². The number of piperidine rings is 1. The number of alkyl carbamates (subject to hydrolysis) is 1. The van der Waals surface area contributed by atoms with E-state index in [1.807, 2.05) is 31.1 Å². The van der Waals surface area contributed by atoms with Crippen molar-refractivity contribution in [2.45, 2.75) is 95.7 Å². The molecule has 8 nitrogen and oxygen atoms in total. The van der Waals surface area contributed by atoms with E-state index in [1.165, 1.54) is 72.2 Å². The zero-order valence-electron chi connectivity index (χ0n) is 29.8. The molecule has 4 fully saturated rings. The topological polar surface area (TPSA) is 99.7 Å². The molecule has 4 aromatic rings. The standard InChI is InChI=1S/C43H47N5O3/c1-25(2)38(47-42(50)51-3)41(49)48-35-13-12-32(20-35)39(48)36-21-34(23-44-36)27-6-4-26(5-7-27)28-8-9-30-19-31(11-10-29(30)18-28)37-24-45-40(46-37)33-14-15-43(22-33)16-17-43/h4-11,18-19,23-25,32-33,35,38-39H,12-17,20-22H2,1-3H3,(H,45,46)(H,47,50)/t32-,33-,35+,38-,39-/m0/s1. The maximum Gasteiger partial charge on any atom is 0.407 e. The van der Waals surface area contributed by atoms with Crippen LogP contribution in [-0.2, 0) is 9.53 Å². The molecule has 2 amide bonds. The number of nitrogens with zero attached hydrogens (tertiary/aromatic N) is 3. The lowest BCUT2D eigenvalue weighted by atomic mass is 9.89. The van der Waals surface area contributed by atoms with Crippen LogP contribution in [0.25, 0.3) is 38.7 Å². The van der Waals surface area contributed by atoms with Crippen molar-refractivity contribution in [1.82, 2.24) is 20.2 Å². The van der Waals surface area contributed by atoms with Gasteiger partial charge in [0, 0.05) is 35.9 Å². The minimum Gasteiger partial charge on any atom is -0.453 e. The predicted octanol–water partition coefficient (Wildman–Crippen LogP) is 8.89. The quantitative estimate of drug-likeness (QED) is 0.194. The maximum absolute atomic E-state index is 13.9. The largest absolute Gasteiger partial charge is 0.453 e. The Morgan fingerprint density at radius 2 is 1.65 bits per heavy atom. The van der Waals surface area contributed by atoms with Crippen LogP contribution >= 0.6 is 0 Å². The Kier molecular flexibility index (Phi) is 7.89. The molecule has 3 aromatic carbocycles. The Balaban J connectivity index is 0.872. The molecule has 0 unspecified atom stereocenters. The molecule has 3 aliphatic carbocycles. The number of likely N-dealkylation sites (tertiary alicyclic amines) is 1. The van der Waals surface area contributed by atoms with Crippen molar-refractivity contribution in [2.24, 2.45) is 22.2 Å². The average Bonchev–Trinajstić information content (AvgIpc) is 3.79. The third-order valence-corrected chi connectivity index (χ3v) is 12.7. The van der Waals surface area contributed by atoms with Crippen LogP contribution < -0.4 is 5.32 Å². The maximum atomic E-state index is 13.9. The van der Waals surface area contributed by atoms with Gasteiger partial charge in [0.25, 0.3) is 0 Å². The molecule has 1 aromatic heterocycles. The molecular formula is C43H47N5O3. The van der Waals surface area contributed by atoms with Gasteiger partial charge in [0.2, 0.25) is 5.91 Å². The van der Waals surface area contributed by atoms with Crippen molar-refractivity contribution in [2.75, 3.05) is 7.11 Å². The molecule has 3 saturated carbocycles. The predicted molar refractivity (Wildman–Crippen MR) is 201 cm³/mol. The van der Waals surface area contributed by atoms with Crippen LogP contribution in [0.3, 0.4) is 0 Å². The summed E-state index contributed by atoms with van der Waals surface area (Å²) >= 11 is 0. The Hall–Kier alpha value is -4.72. The summed E-state index contributed by atoms with van der Waals surface area (Å²) in [4.78, 5) is 41.4. The van der Waals surface area contributed by atoms with Gasteiger partial charge in [-0.3, -0.25) is 9.79 Å². The van der Waals surface area contributed by atoms with Gasteiger partial charge in [-0.1, -0.05) is 62.4 Å². The van der Waals surface area contributed by atoms with Crippen molar-refractivity contribution < 1.29 is 14.3 Å². The average molecular weight is 682 g/mol. The number of imidazole rings is 1. The SMILES string of the molecule is COC(=O)N[C@H](C(=O)N1[C@@H]2CC[C@@H](C2)[C@H]1C1=NC=C(c2ccc(-c3ccc4cc(-c5cnc([C@H]6CCC7(CC7)C6)[nH]5)ccc4c3)cc2)C1)C(C)C. The normalized spacial score (nSPS) is 25.1. The first-order chi connectivity index (χ1) is 24.8. The number of aromatic nitrogens is 2. The Morgan fingerprint density at radius 3 is 2.37 bits per heavy atom. The number of benzene rings is 3. The van der Waals surface area contributed by atoms with Crippen molar-refractivity contribution in [1.29, 1.82) is 0 Å². The number of hydrogen-bond acceptors (Lipinski definition) is 5. The zero-order chi connectivity index (χ0) is 34.9. The second kappa shape index (κ2) is 12.5. The number of aromatic amines is 1. The van der Waals surface area contributed by atoms with Gasteiger partial charge < -0.3 is 19.9 Å². The van der Waals surface area contributed by atoms with Gasteiger partial charge in [-0.05, 0) is 114 Å². The molecule has 5 atom stereocenters. The minimum atomic E-state index is -0.626. The zero-order valence-corrected chi connectivity index (χ0v) is 29.8. The highest BCUT2D eigenvalue weighted by molar-refractivity contribution is 6.04. The molecule has 2 aliphatic heterocycles. The van der Waals surface area contributed by atoms with Crippen molar-refractivity contribution in [3.05, 3.63) is 84.4 Å². The third kappa shape index (κ3) is 5.86. The van der Waals surface area contributed by atoms with Crippen LogP contribution in [0.5, 0.6) is 0 Å². The van der Waals surface area contributed by atoms with Gasteiger partial charge in [0.15, 0.2) is 0 Å². The smallest absolute Gasteiger partial charge is 0.407 e. The number of methoxy groups -OCH3 is 1. The highest BCUT2D eigenvalue weighted by Gasteiger charge is 2.52. The van der Waals surface area contributed by atoms with Gasteiger partial charge in [-0.25, -0.2) is 9.78 Å². The van der Waals surface area contributed by atoms with Gasteiger partial charge in [-0.2, -0.15) is 0 Å². The summed E-state index contributed by atoms with van der Waals surface area (Å²) in [5.41, 5.74) is 8.68. The number of carbonyl (C=O) groups is 2. The summed E-state index contributed by atoms with van der Waals surface area (Å²) in [7, 11) is 1.33. The van der Waals surface area contributed by atoms with Crippen LogP contribution in [0.4, 0.5) is 4.79 Å². The number of H-pyrrole nitrogens is 1. The van der Waals surface area contributed by atoms with E-state index in [4.69, 9.17) is 14.7 Å². The number of ether oxygens (including phenoxy) is 1. The number of rotatable bonds is 8. The molecule has 9 rings (SSSR count). The summed E-state index contributed by atoms with van der Waals surface area (Å²) in [6.45, 7) is 3.92. The molecule has 1 spiro atoms. The number of fused-ring (bicyclic) bond motifs is 3. The van der Waals surface area contributed by atoms with E-state index in [0.717, 1.165) is 48.5 Å². The molecule has 262 valence electrons. The Bertz CT molecular complexity index is 2070. The van der Waals surface area contributed by atoms with Gasteiger partial charge in [-0.15, -0.1) is 0 Å². The highest BCUT2D eigenvalue weighted by Crippen LogP contribution is 2.61. The number of nitrogens with one attached hydrogen (secondary N) is 2. The molecule has 3 heterocycles. The minimum absolute atomic E-state index is 0.0271. The number of carbonyl (C=O) groups excluding carboxylic acids is 2. The lowest BCUT2D eigenvalue weighted by Crippen LogP contribution is -2.57. The third-order valence-electron chi connectivity index (χ3n) is 12.7. The van der Waals surface area contributed by atoms with Gasteiger partial charge in [0.05, 0.1) is 25.0 Å². The van der Waals surface area contributed by atoms with Gasteiger partial charge in [0.1, 0.15) is 11.9 Å². The van der Waals surface area contributed by atoms with Crippen molar-refractivity contribution in [3.63, 3.8) is 0 Å². The summed E-state index contributed by atoms with van der Waals surface area (Å²) in [5, 5.41) is 5.23. The highest BCUT2D eigenvalue weighted by atomic mass is 16.5. The fraction of sp³-hybridized carbons (Fsp3) is 0.442. The molecule has 2 bridgehead atoms. The molecule has 8 heteroatoms. The van der Waals surface area contributed by atoms with Crippen LogP contribution in [0.15, 0.2) is 78.1 Å². The second-order valence-corrected chi connectivity index (χ2v) is 16.2. The fourth-order valence-corrected chi connectivity index (χ4v) is 9.63. The summed E-state index contributed by atoms with van der Waals surface area (Å²) in [5.74, 6) is 2.07. The summed E-state index contributed by atoms with van der Waals surface area (Å²) < 4.78 is 4.83. The summed E-state index contributed by atoms with van der Waals surface area (Å²) in [6.07, 6.45) is 14.0. The molecule has 51 heavy (non-hydrogen) atoms. The number of amides is 2. The molecule has 5 aliphatic rings. The number of aliphatic imine (C=N–C) groups is 1. The van der Waals surface area contributed by atoms with Crippen LogP contribution in [0.1, 0.15) is 88.9 Å². The van der Waals surface area contributed by atoms with Crippen LogP contribution in [-0.4, -0.2) is 57.8 Å². The molecule has 2 N–H and O–H groups in total. The first-order valence-electron chi connectivity index (χ1n) is 18.9. The van der Waals surface area contributed by atoms with E-state index >= 15 is 0 Å². The van der Waals surface area contributed by atoms with Gasteiger partial charge >= 0.3 is 6.09 Å². The van der Waals surface area contributed by atoms with E-state index in [9.17, 15) is 9.59 Å². The number of allylic oxidation sites excluding steroid dienone is 1. The number of hydrogen-bond donors (Lipinski definition) is 2. The lowest BCUT2D eigenvalue weighted by molar-refractivity contribution is -0.137. The second-order valence-electron chi connectivity index (χ2n) is 16.2. The molecule has 1 saturated heterocycles. The van der Waals surface area contributed by atoms with Crippen molar-refractivity contribution in [3.8, 4) is 22.4 Å². The van der Waals surface area contributed by atoms with E-state index in [-0.39, 0.29) is 23.9 Å². The van der Waals surface area contributed by atoms with E-state index < -0.39 is 12.1 Å². The monoisotopic (exact) mass is 681 g/mol. The van der Waals surface area contributed by atoms with Crippen molar-refractivity contribution >= 4 is 34.1 Å². The van der Waals surface area contributed by atoms with Crippen LogP contribution in [0, 0.1) is 17.3 Å². The first kappa shape index (κ1) is 32.2. The fourth-order valence-electron chi connectivity index (χ4n) is 9.63. The molecular weight excluding hydrogens is 635 g/mol. The van der Waals surface area contributed by atoms with E-state index in [1.54, 1.807) is 0 Å². The van der Waals surface area contributed by atoms with E-state index in [2.05, 4.69) is 71.0 Å². The molecule has 0 radical (unpaired) electrons. The summed E-state index contributed by atoms with van der Waals surface area (Å²) in [6, 6.07) is 21.7. The van der Waals surface area contributed by atoms with Crippen LogP contribution in [0.2, 0.25) is 0 Å². The Morgan fingerprint density at radius 1 is 0.922 bits per heavy atom. The first-order valence-corrected chi connectivity index (χ1v) is 18.9. The Labute approximate surface area is 299 Å².